The monoisotopic (exact) mass is 328 g/mol. The molecule has 1 amide bonds. The van der Waals surface area contributed by atoms with Crippen molar-refractivity contribution in [3.63, 3.8) is 0 Å². The van der Waals surface area contributed by atoms with Crippen molar-refractivity contribution < 1.29 is 7.54 Å². The van der Waals surface area contributed by atoms with Gasteiger partial charge in [0.15, 0.2) is 0 Å². The highest BCUT2D eigenvalue weighted by Gasteiger charge is 2.33. The molecule has 0 saturated carbocycles. The van der Waals surface area contributed by atoms with Crippen molar-refractivity contribution in [2.24, 2.45) is 5.92 Å². The van der Waals surface area contributed by atoms with Crippen LogP contribution in [-0.2, 0) is 4.79 Å². The van der Waals surface area contributed by atoms with Crippen LogP contribution in [0.2, 0.25) is 0 Å². The molecule has 7 nitrogen and oxygen atoms in total. The molecule has 7 heteroatoms. The summed E-state index contributed by atoms with van der Waals surface area (Å²) >= 11 is 0. The van der Waals surface area contributed by atoms with Crippen LogP contribution >= 0.6 is 0 Å². The summed E-state index contributed by atoms with van der Waals surface area (Å²) in [6, 6.07) is 0.316. The molecule has 126 valence electrons. The maximum absolute atomic E-state index is 12.1. The Kier molecular flexibility index (Phi) is 3.72. The predicted octanol–water partition coefficient (Wildman–Crippen LogP) is 1.86. The van der Waals surface area contributed by atoms with Crippen LogP contribution in [0.5, 0.6) is 0 Å². The molecule has 1 fully saturated rings. The molecule has 0 unspecified atom stereocenters. The molecule has 0 radical (unpaired) electrons. The molecule has 24 heavy (non-hydrogen) atoms. The fraction of sp³-hybridized carbons (Fsp3) is 0.529. The van der Waals surface area contributed by atoms with E-state index in [1.54, 1.807) is 11.8 Å². The lowest BCUT2D eigenvalue weighted by Crippen LogP contribution is -2.53. The summed E-state index contributed by atoms with van der Waals surface area (Å²) in [5.41, 5.74) is 1.17. The minimum Gasteiger partial charge on any atom is -0.354 e. The number of likely N-dealkylation sites (tertiary alicyclic amines) is 1. The Morgan fingerprint density at radius 3 is 3.17 bits per heavy atom. The van der Waals surface area contributed by atoms with Gasteiger partial charge < -0.3 is 19.6 Å². The molecule has 0 aliphatic carbocycles. The number of fused-ring (bicyclic) bond motifs is 1. The third-order valence-corrected chi connectivity index (χ3v) is 4.71. The molecule has 1 N–H and O–H groups in total. The average molecular weight is 328 g/mol. The van der Waals surface area contributed by atoms with Crippen LogP contribution in [0.4, 0.5) is 5.82 Å². The number of carbonyl (C=O) groups is 1. The van der Waals surface area contributed by atoms with Gasteiger partial charge in [-0.25, -0.2) is 16.5 Å². The molecular weight excluding hydrogens is 304 g/mol. The number of hydrogen-bond acceptors (Lipinski definition) is 4. The lowest BCUT2D eigenvalue weighted by Gasteiger charge is -2.41. The smallest absolute Gasteiger partial charge is 0.302 e. The van der Waals surface area contributed by atoms with Gasteiger partial charge in [-0.1, -0.05) is 6.92 Å². The number of anilines is 1. The maximum Gasteiger partial charge on any atom is 0.302 e. The van der Waals surface area contributed by atoms with Crippen LogP contribution < -0.4 is 4.90 Å². The van der Waals surface area contributed by atoms with Crippen molar-refractivity contribution in [2.45, 2.75) is 26.3 Å². The topological polar surface area (TPSA) is 69.5 Å². The van der Waals surface area contributed by atoms with E-state index in [4.69, 9.17) is 9.31 Å². The molecule has 1 saturated heterocycles. The van der Waals surface area contributed by atoms with Gasteiger partial charge in [-0.05, 0) is 25.3 Å². The second-order valence-electron chi connectivity index (χ2n) is 6.35. The molecule has 1 aliphatic rings. The van der Waals surface area contributed by atoms with Crippen molar-refractivity contribution in [3.05, 3.63) is 29.5 Å². The van der Waals surface area contributed by atoms with E-state index in [1.165, 1.54) is 0 Å². The van der Waals surface area contributed by atoms with Crippen LogP contribution in [0.3, 0.4) is 0 Å². The summed E-state index contributed by atoms with van der Waals surface area (Å²) < 4.78 is 16.2. The van der Waals surface area contributed by atoms with Gasteiger partial charge in [-0.2, -0.15) is 0 Å². The van der Waals surface area contributed by atoms with E-state index in [9.17, 15) is 4.79 Å². The van der Waals surface area contributed by atoms with E-state index in [1.807, 2.05) is 11.9 Å². The number of piperidine rings is 1. The van der Waals surface area contributed by atoms with Crippen LogP contribution in [0.25, 0.3) is 15.9 Å². The number of amides is 1. The number of likely N-dealkylation sites (N-methyl/N-ethyl adjacent to an activating group) is 1. The number of nitrogens with zero attached hydrogens (tertiary/aromatic N) is 5. The van der Waals surface area contributed by atoms with Gasteiger partial charge in [0.05, 0.1) is 12.8 Å². The summed E-state index contributed by atoms with van der Waals surface area (Å²) in [6.07, 6.45) is 0.727. The van der Waals surface area contributed by atoms with E-state index >= 15 is 0 Å². The van der Waals surface area contributed by atoms with Crippen molar-refractivity contribution in [2.75, 3.05) is 31.6 Å². The molecule has 0 spiro atoms. The molecule has 0 aromatic carbocycles. The SMILES string of the molecule is [2H]c1nc(N(C)[C@H]2CN(C(=O)C[N+]#[C-])CC[C@H]2C)c2c([2H])c(C)[nH]c2n1. The van der Waals surface area contributed by atoms with Crippen molar-refractivity contribution >= 4 is 22.8 Å². The van der Waals surface area contributed by atoms with Crippen molar-refractivity contribution in [3.8, 4) is 0 Å². The number of aryl methyl sites for hydroxylation is 1. The molecule has 1 aliphatic heterocycles. The third-order valence-electron chi connectivity index (χ3n) is 4.71. The minimum atomic E-state index is -0.155. The highest BCUT2D eigenvalue weighted by Crippen LogP contribution is 2.29. The Labute approximate surface area is 144 Å². The van der Waals surface area contributed by atoms with Gasteiger partial charge in [0.1, 0.15) is 19.1 Å². The van der Waals surface area contributed by atoms with Crippen molar-refractivity contribution in [1.29, 1.82) is 0 Å². The zero-order valence-electron chi connectivity index (χ0n) is 16.1. The highest BCUT2D eigenvalue weighted by molar-refractivity contribution is 5.88. The Balaban J connectivity index is 1.97. The second kappa shape index (κ2) is 6.48. The third kappa shape index (κ3) is 2.92. The van der Waals surface area contributed by atoms with Crippen molar-refractivity contribution in [1.82, 2.24) is 19.9 Å². The lowest BCUT2D eigenvalue weighted by molar-refractivity contribution is -0.130. The number of aromatic nitrogens is 3. The Morgan fingerprint density at radius 2 is 2.42 bits per heavy atom. The summed E-state index contributed by atoms with van der Waals surface area (Å²) in [5, 5.41) is 0.595. The first-order valence-corrected chi connectivity index (χ1v) is 8.00. The van der Waals surface area contributed by atoms with Crippen LogP contribution in [0.1, 0.15) is 21.8 Å². The number of H-pyrrole nitrogens is 1. The van der Waals surface area contributed by atoms with Crippen LogP contribution in [0, 0.1) is 19.4 Å². The average Bonchev–Trinajstić information content (AvgIpc) is 2.88. The number of nitrogens with one attached hydrogen (secondary N) is 1. The standard InChI is InChI=1S/C17H22N6O/c1-11-5-6-23(15(24)8-18-3)9-14(11)22(4)17-13-7-12(2)21-16(13)19-10-20-17/h7,10-11,14H,5-6,8-9H2,1-2,4H3,(H,19,20,21)/t11-,14+/m1/s1/i7D,10D. The van der Waals surface area contributed by atoms with Gasteiger partial charge in [-0.15, -0.1) is 0 Å². The quantitative estimate of drug-likeness (QED) is 0.873. The summed E-state index contributed by atoms with van der Waals surface area (Å²) in [5.74, 6) is 0.689. The van der Waals surface area contributed by atoms with E-state index in [0.717, 1.165) is 6.42 Å². The number of aromatic amines is 1. The van der Waals surface area contributed by atoms with E-state index in [2.05, 4.69) is 26.7 Å². The maximum atomic E-state index is 12.1. The summed E-state index contributed by atoms with van der Waals surface area (Å²) in [6.45, 7) is 11.8. The molecule has 2 aromatic rings. The van der Waals surface area contributed by atoms with Crippen LogP contribution in [-0.4, -0.2) is 58.5 Å². The van der Waals surface area contributed by atoms with E-state index in [-0.39, 0.29) is 24.8 Å². The molecule has 3 heterocycles. The fourth-order valence-corrected chi connectivity index (χ4v) is 3.30. The highest BCUT2D eigenvalue weighted by atomic mass is 16.2. The van der Waals surface area contributed by atoms with Crippen LogP contribution in [0.15, 0.2) is 12.3 Å². The fourth-order valence-electron chi connectivity index (χ4n) is 3.30. The summed E-state index contributed by atoms with van der Waals surface area (Å²) in [4.78, 5) is 30.4. The first-order chi connectivity index (χ1) is 12.3. The first kappa shape index (κ1) is 13.8. The summed E-state index contributed by atoms with van der Waals surface area (Å²) in [7, 11) is 1.88. The Hall–Kier alpha value is -2.62. The predicted molar refractivity (Wildman–Crippen MR) is 92.6 cm³/mol. The first-order valence-electron chi connectivity index (χ1n) is 9.00. The van der Waals surface area contributed by atoms with Gasteiger partial charge in [0.2, 0.25) is 0 Å². The van der Waals surface area contributed by atoms with E-state index in [0.29, 0.717) is 47.6 Å². The molecule has 3 rings (SSSR count). The number of hydrogen-bond donors (Lipinski definition) is 1. The number of carbonyl (C=O) groups excluding carboxylic acids is 1. The Morgan fingerprint density at radius 1 is 1.62 bits per heavy atom. The van der Waals surface area contributed by atoms with Gasteiger partial charge in [0.25, 0.3) is 6.54 Å². The zero-order chi connectivity index (χ0) is 19.0. The largest absolute Gasteiger partial charge is 0.354 e. The minimum absolute atomic E-state index is 0.00876. The van der Waals surface area contributed by atoms with Gasteiger partial charge in [-0.3, -0.25) is 4.79 Å². The second-order valence-corrected chi connectivity index (χ2v) is 6.35. The number of rotatable bonds is 3. The van der Waals surface area contributed by atoms with Gasteiger partial charge in [0, 0.05) is 25.8 Å². The van der Waals surface area contributed by atoms with E-state index < -0.39 is 0 Å². The lowest BCUT2D eigenvalue weighted by atomic mass is 9.92. The molecular formula is C17H22N6O. The normalized spacial score (nSPS) is 22.0. The Bertz CT molecular complexity index is 889. The molecule has 2 atom stereocenters. The molecule has 0 bridgehead atoms. The van der Waals surface area contributed by atoms with Gasteiger partial charge >= 0.3 is 5.91 Å². The molecule has 2 aromatic heterocycles. The zero-order valence-corrected chi connectivity index (χ0v) is 14.1.